The lowest BCUT2D eigenvalue weighted by molar-refractivity contribution is 0.771. The van der Waals surface area contributed by atoms with Crippen LogP contribution in [0.1, 0.15) is 0 Å². The standard InChI is InChI=1S/C59H36N4/c1-3-13-39-31-44(23-21-37(39)11-1)58-50-18-8-9-19-51(50)59(45-24-22-38-12-2-4-14-40(38)32-45)53-34-41(25-27-52(53)58)42-26-29-55-56(35-42)62-63(61-55)57-30-28-47(48-16-6-7-17-49(48)57)46-33-43-15-5-10-20-54(43)60-36-46/h1-36H. The average Bonchev–Trinajstić information content (AvgIpc) is 3.78. The van der Waals surface area contributed by atoms with Gasteiger partial charge in [-0.15, -0.1) is 15.0 Å². The number of hydrogen-bond donors (Lipinski definition) is 0. The van der Waals surface area contributed by atoms with Crippen molar-refractivity contribution in [2.45, 2.75) is 0 Å². The van der Waals surface area contributed by atoms with Crippen LogP contribution in [0.3, 0.4) is 0 Å². The zero-order chi connectivity index (χ0) is 41.4. The predicted octanol–water partition coefficient (Wildman–Crippen LogP) is 15.4. The van der Waals surface area contributed by atoms with E-state index in [0.29, 0.717) is 0 Å². The van der Waals surface area contributed by atoms with Crippen molar-refractivity contribution < 1.29 is 0 Å². The molecule has 11 aromatic carbocycles. The van der Waals surface area contributed by atoms with Gasteiger partial charge in [-0.2, -0.15) is 0 Å². The van der Waals surface area contributed by atoms with E-state index < -0.39 is 0 Å². The van der Waals surface area contributed by atoms with Crippen LogP contribution < -0.4 is 0 Å². The van der Waals surface area contributed by atoms with Gasteiger partial charge in [0, 0.05) is 22.5 Å². The SMILES string of the molecule is c1ccc2cc(-c3c4ccccc4c(-c4ccc5ccccc5c4)c4cc(-c5ccc6nn(-c7ccc(-c8cnc9ccccc9c8)c8ccccc78)nc6c5)ccc34)ccc2c1. The average molecular weight is 801 g/mol. The largest absolute Gasteiger partial charge is 0.256 e. The molecule has 0 amide bonds. The highest BCUT2D eigenvalue weighted by atomic mass is 15.5. The number of hydrogen-bond acceptors (Lipinski definition) is 3. The lowest BCUT2D eigenvalue weighted by Crippen LogP contribution is -2.00. The molecule has 0 atom stereocenters. The Morgan fingerprint density at radius 1 is 0.286 bits per heavy atom. The van der Waals surface area contributed by atoms with Crippen LogP contribution in [0.25, 0.3) is 126 Å². The number of pyridine rings is 1. The third-order valence-corrected chi connectivity index (χ3v) is 12.8. The highest BCUT2D eigenvalue weighted by Gasteiger charge is 2.19. The van der Waals surface area contributed by atoms with Crippen LogP contribution in [0, 0.1) is 0 Å². The van der Waals surface area contributed by atoms with Crippen molar-refractivity contribution in [3.05, 3.63) is 219 Å². The fourth-order valence-electron chi connectivity index (χ4n) is 9.80. The molecule has 0 fully saturated rings. The van der Waals surface area contributed by atoms with E-state index in [0.717, 1.165) is 60.6 Å². The maximum atomic E-state index is 5.13. The first-order chi connectivity index (χ1) is 31.2. The molecule has 63 heavy (non-hydrogen) atoms. The van der Waals surface area contributed by atoms with Crippen molar-refractivity contribution in [3.63, 3.8) is 0 Å². The van der Waals surface area contributed by atoms with Crippen LogP contribution >= 0.6 is 0 Å². The summed E-state index contributed by atoms with van der Waals surface area (Å²) in [6, 6.07) is 76.6. The van der Waals surface area contributed by atoms with Crippen LogP contribution in [-0.4, -0.2) is 20.0 Å². The molecule has 0 aliphatic heterocycles. The van der Waals surface area contributed by atoms with Crippen molar-refractivity contribution in [3.8, 4) is 50.2 Å². The number of fused-ring (bicyclic) bond motifs is 7. The molecule has 0 aliphatic carbocycles. The van der Waals surface area contributed by atoms with E-state index in [1.54, 1.807) is 4.80 Å². The van der Waals surface area contributed by atoms with Crippen molar-refractivity contribution in [1.82, 2.24) is 20.0 Å². The summed E-state index contributed by atoms with van der Waals surface area (Å²) in [5.74, 6) is 0. The Hall–Kier alpha value is -8.47. The molecule has 0 radical (unpaired) electrons. The fourth-order valence-corrected chi connectivity index (χ4v) is 9.80. The molecule has 292 valence electrons. The van der Waals surface area contributed by atoms with Crippen LogP contribution in [0.5, 0.6) is 0 Å². The fraction of sp³-hybridized carbons (Fsp3) is 0. The summed E-state index contributed by atoms with van der Waals surface area (Å²) in [4.78, 5) is 6.56. The Balaban J connectivity index is 0.975. The van der Waals surface area contributed by atoms with Gasteiger partial charge < -0.3 is 0 Å². The molecule has 0 saturated carbocycles. The van der Waals surface area contributed by atoms with E-state index >= 15 is 0 Å². The minimum absolute atomic E-state index is 0.838. The summed E-state index contributed by atoms with van der Waals surface area (Å²) in [5.41, 5.74) is 12.9. The van der Waals surface area contributed by atoms with Crippen LogP contribution in [0.15, 0.2) is 219 Å². The second-order valence-corrected chi connectivity index (χ2v) is 16.5. The van der Waals surface area contributed by atoms with E-state index in [1.165, 1.54) is 65.3 Å². The molecule has 2 aromatic heterocycles. The molecule has 0 N–H and O–H groups in total. The maximum absolute atomic E-state index is 5.13. The first-order valence-electron chi connectivity index (χ1n) is 21.4. The minimum Gasteiger partial charge on any atom is -0.256 e. The summed E-state index contributed by atoms with van der Waals surface area (Å²) >= 11 is 0. The van der Waals surface area contributed by atoms with E-state index in [-0.39, 0.29) is 0 Å². The van der Waals surface area contributed by atoms with Gasteiger partial charge in [-0.3, -0.25) is 4.98 Å². The van der Waals surface area contributed by atoms with Crippen molar-refractivity contribution in [2.24, 2.45) is 0 Å². The normalized spacial score (nSPS) is 11.8. The maximum Gasteiger partial charge on any atom is 0.114 e. The van der Waals surface area contributed by atoms with Crippen molar-refractivity contribution in [2.75, 3.05) is 0 Å². The molecule has 0 saturated heterocycles. The van der Waals surface area contributed by atoms with E-state index in [2.05, 4.69) is 200 Å². The Morgan fingerprint density at radius 2 is 0.810 bits per heavy atom. The lowest BCUT2D eigenvalue weighted by atomic mass is 9.84. The summed E-state index contributed by atoms with van der Waals surface area (Å²) in [6.45, 7) is 0. The van der Waals surface area contributed by atoms with Crippen molar-refractivity contribution in [1.29, 1.82) is 0 Å². The summed E-state index contributed by atoms with van der Waals surface area (Å²) in [5, 5.41) is 23.3. The summed E-state index contributed by atoms with van der Waals surface area (Å²) in [6.07, 6.45) is 1.97. The van der Waals surface area contributed by atoms with Gasteiger partial charge in [0.05, 0.1) is 11.2 Å². The third-order valence-electron chi connectivity index (χ3n) is 12.8. The third kappa shape index (κ3) is 5.80. The van der Waals surface area contributed by atoms with E-state index in [9.17, 15) is 0 Å². The van der Waals surface area contributed by atoms with Gasteiger partial charge in [0.15, 0.2) is 0 Å². The first kappa shape index (κ1) is 35.3. The van der Waals surface area contributed by atoms with Crippen LogP contribution in [0.4, 0.5) is 0 Å². The predicted molar refractivity (Wildman–Crippen MR) is 263 cm³/mol. The summed E-state index contributed by atoms with van der Waals surface area (Å²) < 4.78 is 0. The van der Waals surface area contributed by atoms with E-state index in [1.807, 2.05) is 18.3 Å². The second-order valence-electron chi connectivity index (χ2n) is 16.5. The Morgan fingerprint density at radius 3 is 1.54 bits per heavy atom. The molecule has 13 aromatic rings. The lowest BCUT2D eigenvalue weighted by Gasteiger charge is -2.19. The highest BCUT2D eigenvalue weighted by molar-refractivity contribution is 6.22. The monoisotopic (exact) mass is 800 g/mol. The van der Waals surface area contributed by atoms with Gasteiger partial charge in [-0.05, 0) is 136 Å². The van der Waals surface area contributed by atoms with Crippen LogP contribution in [-0.2, 0) is 0 Å². The number of benzene rings is 11. The molecule has 4 heteroatoms. The zero-order valence-electron chi connectivity index (χ0n) is 34.1. The van der Waals surface area contributed by atoms with E-state index in [4.69, 9.17) is 15.2 Å². The smallest absolute Gasteiger partial charge is 0.114 e. The molecule has 4 nitrogen and oxygen atoms in total. The summed E-state index contributed by atoms with van der Waals surface area (Å²) in [7, 11) is 0. The van der Waals surface area contributed by atoms with Gasteiger partial charge in [0.25, 0.3) is 0 Å². The quantitative estimate of drug-likeness (QED) is 0.163. The highest BCUT2D eigenvalue weighted by Crippen LogP contribution is 2.46. The Kier molecular flexibility index (Phi) is 7.87. The number of rotatable bonds is 5. The van der Waals surface area contributed by atoms with Gasteiger partial charge in [0.1, 0.15) is 11.0 Å². The number of nitrogens with zero attached hydrogens (tertiary/aromatic N) is 4. The second kappa shape index (κ2) is 14.1. The first-order valence-corrected chi connectivity index (χ1v) is 21.4. The number of para-hydroxylation sites is 1. The minimum atomic E-state index is 0.838. The van der Waals surface area contributed by atoms with Crippen molar-refractivity contribution >= 4 is 75.8 Å². The van der Waals surface area contributed by atoms with Gasteiger partial charge in [0.2, 0.25) is 0 Å². The molecule has 0 spiro atoms. The molecular weight excluding hydrogens is 765 g/mol. The molecule has 13 rings (SSSR count). The molecular formula is C59H36N4. The molecule has 0 bridgehead atoms. The molecule has 2 heterocycles. The molecule has 0 aliphatic rings. The number of aromatic nitrogens is 4. The Labute approximate surface area is 363 Å². The van der Waals surface area contributed by atoms with Gasteiger partial charge in [-0.25, -0.2) is 0 Å². The van der Waals surface area contributed by atoms with Crippen LogP contribution in [0.2, 0.25) is 0 Å². The van der Waals surface area contributed by atoms with Gasteiger partial charge in [-0.1, -0.05) is 164 Å². The Bertz CT molecular complexity index is 3990. The topological polar surface area (TPSA) is 43.6 Å². The molecule has 0 unspecified atom stereocenters. The zero-order valence-corrected chi connectivity index (χ0v) is 34.1. The van der Waals surface area contributed by atoms with Gasteiger partial charge >= 0.3 is 0 Å².